The largest absolute Gasteiger partial charge is 1.00 e. The first-order valence-electron chi connectivity index (χ1n) is 10.6. The van der Waals surface area contributed by atoms with Crippen molar-refractivity contribution in [2.24, 2.45) is 0 Å². The standard InChI is InChI=1S/C20H42O4S.Na.H/c1-3-5-6-7-8-9-10-11-12-13-14-15-16-17-18-19-20(21)25(22,23)24-4-2;;/h20-21H,3-19H2,1-2H3;;/q;+1;-1. The fraction of sp³-hybridized carbons (Fsp3) is 1.00. The normalized spacial score (nSPS) is 12.7. The second-order valence-electron chi connectivity index (χ2n) is 7.09. The Kier molecular flexibility index (Phi) is 23.0. The molecule has 0 bridgehead atoms. The van der Waals surface area contributed by atoms with Crippen molar-refractivity contribution in [2.45, 2.75) is 122 Å². The van der Waals surface area contributed by atoms with E-state index in [4.69, 9.17) is 0 Å². The van der Waals surface area contributed by atoms with Gasteiger partial charge in [0.05, 0.1) is 6.61 Å². The molecule has 154 valence electrons. The van der Waals surface area contributed by atoms with Crippen molar-refractivity contribution < 1.29 is 48.7 Å². The van der Waals surface area contributed by atoms with Gasteiger partial charge in [0.25, 0.3) is 10.1 Å². The van der Waals surface area contributed by atoms with Crippen molar-refractivity contribution in [1.82, 2.24) is 0 Å². The molecule has 0 aromatic heterocycles. The zero-order valence-corrected chi connectivity index (χ0v) is 20.5. The summed E-state index contributed by atoms with van der Waals surface area (Å²) in [5.41, 5.74) is -1.37. The summed E-state index contributed by atoms with van der Waals surface area (Å²) in [5, 5.41) is 9.60. The Morgan fingerprint density at radius 1 is 0.731 bits per heavy atom. The van der Waals surface area contributed by atoms with E-state index in [9.17, 15) is 13.5 Å². The molecule has 0 aliphatic heterocycles. The Hall–Kier alpha value is 0.870. The third-order valence-electron chi connectivity index (χ3n) is 4.67. The van der Waals surface area contributed by atoms with Crippen LogP contribution in [-0.2, 0) is 14.3 Å². The number of aliphatic hydroxyl groups is 1. The van der Waals surface area contributed by atoms with Gasteiger partial charge in [-0.2, -0.15) is 8.42 Å². The molecule has 0 aliphatic rings. The summed E-state index contributed by atoms with van der Waals surface area (Å²) in [6, 6.07) is 0. The summed E-state index contributed by atoms with van der Waals surface area (Å²) in [6.45, 7) is 3.95. The molecule has 0 heterocycles. The van der Waals surface area contributed by atoms with Gasteiger partial charge in [0.1, 0.15) is 0 Å². The maximum Gasteiger partial charge on any atom is 1.00 e. The summed E-state index contributed by atoms with van der Waals surface area (Å²) in [4.78, 5) is 0. The van der Waals surface area contributed by atoms with Gasteiger partial charge in [-0.05, 0) is 19.8 Å². The number of rotatable bonds is 19. The van der Waals surface area contributed by atoms with Crippen molar-refractivity contribution in [1.29, 1.82) is 0 Å². The summed E-state index contributed by atoms with van der Waals surface area (Å²) >= 11 is 0. The molecule has 0 amide bonds. The van der Waals surface area contributed by atoms with Gasteiger partial charge in [-0.15, -0.1) is 0 Å². The first-order valence-corrected chi connectivity index (χ1v) is 12.1. The van der Waals surface area contributed by atoms with Crippen LogP contribution in [-0.4, -0.2) is 25.6 Å². The maximum absolute atomic E-state index is 11.4. The molecule has 1 unspecified atom stereocenters. The molecule has 26 heavy (non-hydrogen) atoms. The molecule has 0 spiro atoms. The van der Waals surface area contributed by atoms with Gasteiger partial charge in [0.15, 0.2) is 5.44 Å². The zero-order chi connectivity index (χ0) is 18.8. The maximum atomic E-state index is 11.4. The van der Waals surface area contributed by atoms with E-state index in [1.807, 2.05) is 0 Å². The molecule has 0 saturated carbocycles. The molecular formula is C20H43NaO4S. The van der Waals surface area contributed by atoms with Crippen LogP contribution in [0, 0.1) is 0 Å². The molecule has 0 radical (unpaired) electrons. The van der Waals surface area contributed by atoms with Gasteiger partial charge in [0.2, 0.25) is 0 Å². The van der Waals surface area contributed by atoms with Gasteiger partial charge in [-0.3, -0.25) is 4.18 Å². The van der Waals surface area contributed by atoms with Gasteiger partial charge in [-0.25, -0.2) is 0 Å². The van der Waals surface area contributed by atoms with Crippen molar-refractivity contribution in [2.75, 3.05) is 6.61 Å². The van der Waals surface area contributed by atoms with Gasteiger partial charge in [0, 0.05) is 0 Å². The molecule has 0 aromatic carbocycles. The predicted octanol–water partition coefficient (Wildman–Crippen LogP) is 3.05. The van der Waals surface area contributed by atoms with E-state index in [-0.39, 0.29) is 44.0 Å². The average molecular weight is 403 g/mol. The molecule has 0 saturated heterocycles. The summed E-state index contributed by atoms with van der Waals surface area (Å²) in [5.74, 6) is 0. The van der Waals surface area contributed by atoms with Crippen LogP contribution in [0.3, 0.4) is 0 Å². The van der Waals surface area contributed by atoms with E-state index in [2.05, 4.69) is 11.1 Å². The van der Waals surface area contributed by atoms with E-state index in [1.54, 1.807) is 6.92 Å². The minimum atomic E-state index is -3.77. The van der Waals surface area contributed by atoms with Gasteiger partial charge in [-0.1, -0.05) is 96.8 Å². The molecule has 0 aromatic rings. The molecule has 1 N–H and O–H groups in total. The van der Waals surface area contributed by atoms with Crippen LogP contribution in [0.5, 0.6) is 0 Å². The van der Waals surface area contributed by atoms with Crippen LogP contribution in [0.4, 0.5) is 0 Å². The minimum absolute atomic E-state index is 0. The molecular weight excluding hydrogens is 359 g/mol. The van der Waals surface area contributed by atoms with Crippen molar-refractivity contribution in [3.63, 3.8) is 0 Å². The van der Waals surface area contributed by atoms with Crippen LogP contribution in [0.2, 0.25) is 0 Å². The Labute approximate surface area is 186 Å². The Bertz CT molecular complexity index is 380. The second-order valence-corrected chi connectivity index (χ2v) is 8.86. The van der Waals surface area contributed by atoms with Crippen molar-refractivity contribution >= 4 is 10.1 Å². The third kappa shape index (κ3) is 18.2. The fourth-order valence-corrected chi connectivity index (χ4v) is 4.02. The molecule has 0 rings (SSSR count). The summed E-state index contributed by atoms with van der Waals surface area (Å²) in [7, 11) is -3.77. The zero-order valence-electron chi connectivity index (χ0n) is 18.7. The van der Waals surface area contributed by atoms with Crippen molar-refractivity contribution in [3.05, 3.63) is 0 Å². The quantitative estimate of drug-likeness (QED) is 0.205. The van der Waals surface area contributed by atoms with Crippen molar-refractivity contribution in [3.8, 4) is 0 Å². The minimum Gasteiger partial charge on any atom is -1.00 e. The topological polar surface area (TPSA) is 63.6 Å². The van der Waals surface area contributed by atoms with Crippen LogP contribution < -0.4 is 29.6 Å². The Morgan fingerprint density at radius 3 is 1.42 bits per heavy atom. The number of hydrogen-bond acceptors (Lipinski definition) is 4. The Balaban J connectivity index is -0.00000288. The van der Waals surface area contributed by atoms with E-state index in [0.29, 0.717) is 0 Å². The number of unbranched alkanes of at least 4 members (excludes halogenated alkanes) is 14. The molecule has 6 heteroatoms. The first kappa shape index (κ1) is 29.1. The average Bonchev–Trinajstić information content (AvgIpc) is 2.58. The summed E-state index contributed by atoms with van der Waals surface area (Å²) < 4.78 is 27.5. The van der Waals surface area contributed by atoms with E-state index < -0.39 is 15.6 Å². The first-order chi connectivity index (χ1) is 12.0. The smallest absolute Gasteiger partial charge is 1.00 e. The van der Waals surface area contributed by atoms with Crippen LogP contribution in [0.15, 0.2) is 0 Å². The second kappa shape index (κ2) is 20.6. The summed E-state index contributed by atoms with van der Waals surface area (Å²) in [6.07, 6.45) is 19.4. The molecule has 4 nitrogen and oxygen atoms in total. The number of aliphatic hydroxyl groups excluding tert-OH is 1. The molecule has 1 atom stereocenters. The molecule has 0 fully saturated rings. The molecule has 0 aliphatic carbocycles. The van der Waals surface area contributed by atoms with Crippen LogP contribution >= 0.6 is 0 Å². The monoisotopic (exact) mass is 402 g/mol. The van der Waals surface area contributed by atoms with E-state index in [1.165, 1.54) is 77.0 Å². The number of hydrogen-bond donors (Lipinski definition) is 1. The predicted molar refractivity (Wildman–Crippen MR) is 107 cm³/mol. The van der Waals surface area contributed by atoms with Gasteiger partial charge < -0.3 is 6.53 Å². The van der Waals surface area contributed by atoms with E-state index in [0.717, 1.165) is 19.3 Å². The fourth-order valence-electron chi connectivity index (χ4n) is 3.08. The van der Waals surface area contributed by atoms with Gasteiger partial charge >= 0.3 is 29.6 Å². The SMILES string of the molecule is CCCCCCCCCCCCCCCCCC(O)S(=O)(=O)OCC.[H-].[Na+]. The van der Waals surface area contributed by atoms with Crippen LogP contribution in [0.1, 0.15) is 118 Å². The van der Waals surface area contributed by atoms with Crippen LogP contribution in [0.25, 0.3) is 0 Å². The Morgan fingerprint density at radius 2 is 1.08 bits per heavy atom. The van der Waals surface area contributed by atoms with E-state index >= 15 is 0 Å². The third-order valence-corrected chi connectivity index (χ3v) is 6.14.